The minimum Gasteiger partial charge on any atom is -0.480 e. The zero-order valence-corrected chi connectivity index (χ0v) is 8.53. The second-order valence-electron chi connectivity index (χ2n) is 3.82. The fourth-order valence-electron chi connectivity index (χ4n) is 1.90. The number of carboxylic acid groups (broad SMARTS) is 1. The summed E-state index contributed by atoms with van der Waals surface area (Å²) in [4.78, 5) is 10.8. The summed E-state index contributed by atoms with van der Waals surface area (Å²) in [6.07, 6.45) is 0.584. The number of benzene rings is 1. The molecule has 0 amide bonds. The van der Waals surface area contributed by atoms with Crippen molar-refractivity contribution in [2.45, 2.75) is 25.4 Å². The van der Waals surface area contributed by atoms with Crippen LogP contribution in [0.25, 0.3) is 0 Å². The van der Waals surface area contributed by atoms with Crippen molar-refractivity contribution in [3.63, 3.8) is 0 Å². The van der Waals surface area contributed by atoms with Gasteiger partial charge in [-0.1, -0.05) is 24.3 Å². The normalized spacial score (nSPS) is 25.4. The number of hydrazine groups is 1. The molecule has 1 aromatic rings. The van der Waals surface area contributed by atoms with E-state index in [0.717, 1.165) is 5.56 Å². The number of hydrogen-bond acceptors (Lipinski definition) is 3. The van der Waals surface area contributed by atoms with Crippen LogP contribution in [0.1, 0.15) is 23.6 Å². The molecule has 0 saturated carbocycles. The Labute approximate surface area is 88.3 Å². The quantitative estimate of drug-likeness (QED) is 0.675. The van der Waals surface area contributed by atoms with Crippen LogP contribution in [0.3, 0.4) is 0 Å². The third-order valence-corrected chi connectivity index (χ3v) is 2.77. The maximum absolute atomic E-state index is 10.8. The molecule has 1 aromatic carbocycles. The second kappa shape index (κ2) is 4.00. The third kappa shape index (κ3) is 2.00. The van der Waals surface area contributed by atoms with Crippen molar-refractivity contribution in [2.24, 2.45) is 0 Å². The Morgan fingerprint density at radius 3 is 2.73 bits per heavy atom. The molecule has 2 unspecified atom stereocenters. The van der Waals surface area contributed by atoms with E-state index in [4.69, 9.17) is 5.11 Å². The number of carbonyl (C=O) groups is 1. The molecule has 1 aliphatic heterocycles. The van der Waals surface area contributed by atoms with Gasteiger partial charge in [0, 0.05) is 6.04 Å². The molecule has 1 fully saturated rings. The molecule has 3 N–H and O–H groups in total. The van der Waals surface area contributed by atoms with Crippen LogP contribution in [0.15, 0.2) is 24.3 Å². The average Bonchev–Trinajstić information content (AvgIpc) is 2.67. The van der Waals surface area contributed by atoms with Crippen LogP contribution in [0.5, 0.6) is 0 Å². The molecule has 15 heavy (non-hydrogen) atoms. The fraction of sp³-hybridized carbons (Fsp3) is 0.364. The van der Waals surface area contributed by atoms with Gasteiger partial charge < -0.3 is 5.11 Å². The van der Waals surface area contributed by atoms with Gasteiger partial charge in [0.1, 0.15) is 6.04 Å². The van der Waals surface area contributed by atoms with Crippen molar-refractivity contribution in [2.75, 3.05) is 0 Å². The molecular weight excluding hydrogens is 192 g/mol. The summed E-state index contributed by atoms with van der Waals surface area (Å²) in [5.74, 6) is -0.807. The fourth-order valence-corrected chi connectivity index (χ4v) is 1.90. The summed E-state index contributed by atoms with van der Waals surface area (Å²) in [5.41, 5.74) is 8.14. The van der Waals surface area contributed by atoms with E-state index in [9.17, 15) is 4.79 Å². The molecule has 1 heterocycles. The lowest BCUT2D eigenvalue weighted by Gasteiger charge is -2.12. The van der Waals surface area contributed by atoms with Crippen molar-refractivity contribution in [1.29, 1.82) is 0 Å². The SMILES string of the molecule is Cc1ccccc1C1CC(C(=O)O)NN1. The smallest absolute Gasteiger partial charge is 0.322 e. The van der Waals surface area contributed by atoms with E-state index in [-0.39, 0.29) is 6.04 Å². The summed E-state index contributed by atoms with van der Waals surface area (Å²) in [5, 5.41) is 8.84. The van der Waals surface area contributed by atoms with Crippen LogP contribution in [-0.2, 0) is 4.79 Å². The largest absolute Gasteiger partial charge is 0.480 e. The van der Waals surface area contributed by atoms with Gasteiger partial charge >= 0.3 is 5.97 Å². The molecular formula is C11H14N2O2. The van der Waals surface area contributed by atoms with E-state index in [1.807, 2.05) is 31.2 Å². The molecule has 80 valence electrons. The molecule has 4 heteroatoms. The second-order valence-corrected chi connectivity index (χ2v) is 3.82. The Kier molecular flexibility index (Phi) is 2.70. The first-order valence-electron chi connectivity index (χ1n) is 4.98. The highest BCUT2D eigenvalue weighted by Gasteiger charge is 2.30. The number of hydrogen-bond donors (Lipinski definition) is 3. The van der Waals surface area contributed by atoms with Crippen molar-refractivity contribution in [1.82, 2.24) is 10.9 Å². The summed E-state index contributed by atoms with van der Waals surface area (Å²) >= 11 is 0. The number of carboxylic acids is 1. The Morgan fingerprint density at radius 1 is 1.40 bits per heavy atom. The van der Waals surface area contributed by atoms with Gasteiger partial charge in [-0.05, 0) is 24.5 Å². The highest BCUT2D eigenvalue weighted by atomic mass is 16.4. The van der Waals surface area contributed by atoms with Gasteiger partial charge in [0.25, 0.3) is 0 Å². The Morgan fingerprint density at radius 2 is 2.13 bits per heavy atom. The Hall–Kier alpha value is -1.39. The monoisotopic (exact) mass is 206 g/mol. The topological polar surface area (TPSA) is 61.4 Å². The van der Waals surface area contributed by atoms with Gasteiger partial charge in [-0.15, -0.1) is 0 Å². The van der Waals surface area contributed by atoms with E-state index in [0.29, 0.717) is 6.42 Å². The van der Waals surface area contributed by atoms with E-state index >= 15 is 0 Å². The lowest BCUT2D eigenvalue weighted by atomic mass is 9.98. The Balaban J connectivity index is 2.14. The Bertz CT molecular complexity index is 379. The van der Waals surface area contributed by atoms with Gasteiger partial charge in [0.15, 0.2) is 0 Å². The van der Waals surface area contributed by atoms with Crippen LogP contribution < -0.4 is 10.9 Å². The van der Waals surface area contributed by atoms with E-state index in [1.54, 1.807) is 0 Å². The van der Waals surface area contributed by atoms with Gasteiger partial charge in [-0.2, -0.15) is 0 Å². The van der Waals surface area contributed by atoms with Crippen molar-refractivity contribution >= 4 is 5.97 Å². The van der Waals surface area contributed by atoms with E-state index < -0.39 is 12.0 Å². The highest BCUT2D eigenvalue weighted by Crippen LogP contribution is 2.24. The zero-order chi connectivity index (χ0) is 10.8. The molecule has 1 saturated heterocycles. The van der Waals surface area contributed by atoms with E-state index in [1.165, 1.54) is 5.56 Å². The number of aliphatic carboxylic acids is 1. The lowest BCUT2D eigenvalue weighted by molar-refractivity contribution is -0.139. The molecule has 2 rings (SSSR count). The minimum atomic E-state index is -0.807. The lowest BCUT2D eigenvalue weighted by Crippen LogP contribution is -2.36. The van der Waals surface area contributed by atoms with Crippen LogP contribution in [0.4, 0.5) is 0 Å². The maximum atomic E-state index is 10.8. The van der Waals surface area contributed by atoms with Gasteiger partial charge in [-0.3, -0.25) is 4.79 Å². The molecule has 0 aliphatic carbocycles. The number of aryl methyl sites for hydroxylation is 1. The van der Waals surface area contributed by atoms with Gasteiger partial charge in [0.05, 0.1) is 0 Å². The van der Waals surface area contributed by atoms with Crippen molar-refractivity contribution < 1.29 is 9.90 Å². The average molecular weight is 206 g/mol. The molecule has 0 aromatic heterocycles. The summed E-state index contributed by atoms with van der Waals surface area (Å²) < 4.78 is 0. The summed E-state index contributed by atoms with van der Waals surface area (Å²) in [6.45, 7) is 2.03. The van der Waals surface area contributed by atoms with Crippen molar-refractivity contribution in [3.8, 4) is 0 Å². The van der Waals surface area contributed by atoms with E-state index in [2.05, 4.69) is 10.9 Å². The first kappa shape index (κ1) is 10.1. The van der Waals surface area contributed by atoms with Crippen LogP contribution in [0, 0.1) is 6.92 Å². The first-order chi connectivity index (χ1) is 7.18. The van der Waals surface area contributed by atoms with Gasteiger partial charge in [-0.25, -0.2) is 10.9 Å². The summed E-state index contributed by atoms with van der Waals surface area (Å²) in [7, 11) is 0. The summed E-state index contributed by atoms with van der Waals surface area (Å²) in [6, 6.07) is 7.61. The molecule has 0 spiro atoms. The van der Waals surface area contributed by atoms with Crippen molar-refractivity contribution in [3.05, 3.63) is 35.4 Å². The van der Waals surface area contributed by atoms with Gasteiger partial charge in [0.2, 0.25) is 0 Å². The first-order valence-corrected chi connectivity index (χ1v) is 4.98. The standard InChI is InChI=1S/C11H14N2O2/c1-7-4-2-3-5-8(7)9-6-10(11(14)15)13-12-9/h2-5,9-10,12-13H,6H2,1H3,(H,14,15). The zero-order valence-electron chi connectivity index (χ0n) is 8.53. The molecule has 0 radical (unpaired) electrons. The predicted octanol–water partition coefficient (Wildman–Crippen LogP) is 0.987. The molecule has 1 aliphatic rings. The predicted molar refractivity (Wildman–Crippen MR) is 56.2 cm³/mol. The molecule has 4 nitrogen and oxygen atoms in total. The molecule has 2 atom stereocenters. The highest BCUT2D eigenvalue weighted by molar-refractivity contribution is 5.73. The molecule has 0 bridgehead atoms. The maximum Gasteiger partial charge on any atom is 0.322 e. The van der Waals surface area contributed by atoms with Crippen LogP contribution >= 0.6 is 0 Å². The van der Waals surface area contributed by atoms with Crippen LogP contribution in [0.2, 0.25) is 0 Å². The number of rotatable bonds is 2. The third-order valence-electron chi connectivity index (χ3n) is 2.77. The minimum absolute atomic E-state index is 0.0901. The van der Waals surface area contributed by atoms with Crippen LogP contribution in [-0.4, -0.2) is 17.1 Å². The number of nitrogens with one attached hydrogen (secondary N) is 2.